The fourth-order valence-corrected chi connectivity index (χ4v) is 1.75. The van der Waals surface area contributed by atoms with E-state index in [-0.39, 0.29) is 5.91 Å². The zero-order chi connectivity index (χ0) is 15.1. The summed E-state index contributed by atoms with van der Waals surface area (Å²) in [6.45, 7) is 8.11. The molecule has 1 rings (SSSR count). The Morgan fingerprint density at radius 2 is 2.00 bits per heavy atom. The van der Waals surface area contributed by atoms with E-state index in [0.29, 0.717) is 24.6 Å². The molecule has 112 valence electrons. The fraction of sp³-hybridized carbons (Fsp3) is 0.562. The van der Waals surface area contributed by atoms with Crippen molar-refractivity contribution in [3.63, 3.8) is 0 Å². The Labute approximate surface area is 121 Å². The second-order valence-electron chi connectivity index (χ2n) is 5.42. The Hall–Kier alpha value is -1.55. The van der Waals surface area contributed by atoms with E-state index in [1.807, 2.05) is 24.3 Å². The molecule has 0 aliphatic rings. The van der Waals surface area contributed by atoms with Crippen LogP contribution in [0.3, 0.4) is 0 Å². The molecule has 0 saturated heterocycles. The standard InChI is InChI=1S/C16H25NO3/c1-11(2)14-6-5-7-15(10-14)20-13(4)16(19)17-9-8-12(3)18/h5-7,10-13,18H,8-9H2,1-4H3,(H,17,19). The monoisotopic (exact) mass is 279 g/mol. The molecule has 0 aliphatic carbocycles. The molecule has 1 aromatic rings. The van der Waals surface area contributed by atoms with Gasteiger partial charge in [-0.3, -0.25) is 4.79 Å². The third-order valence-electron chi connectivity index (χ3n) is 3.07. The van der Waals surface area contributed by atoms with Gasteiger partial charge < -0.3 is 15.2 Å². The summed E-state index contributed by atoms with van der Waals surface area (Å²) in [4.78, 5) is 11.8. The molecule has 1 amide bonds. The van der Waals surface area contributed by atoms with Crippen LogP contribution in [-0.2, 0) is 4.79 Å². The van der Waals surface area contributed by atoms with Crippen molar-refractivity contribution in [3.05, 3.63) is 29.8 Å². The number of benzene rings is 1. The lowest BCUT2D eigenvalue weighted by atomic mass is 10.0. The van der Waals surface area contributed by atoms with Crippen LogP contribution in [0.1, 0.15) is 45.6 Å². The van der Waals surface area contributed by atoms with Crippen LogP contribution >= 0.6 is 0 Å². The highest BCUT2D eigenvalue weighted by atomic mass is 16.5. The maximum absolute atomic E-state index is 11.8. The van der Waals surface area contributed by atoms with Gasteiger partial charge in [-0.15, -0.1) is 0 Å². The second kappa shape index (κ2) is 7.90. The zero-order valence-corrected chi connectivity index (χ0v) is 12.7. The van der Waals surface area contributed by atoms with Crippen molar-refractivity contribution in [2.24, 2.45) is 0 Å². The number of amides is 1. The van der Waals surface area contributed by atoms with Gasteiger partial charge >= 0.3 is 0 Å². The van der Waals surface area contributed by atoms with Crippen LogP contribution in [0.5, 0.6) is 5.75 Å². The molecule has 4 heteroatoms. The van der Waals surface area contributed by atoms with E-state index < -0.39 is 12.2 Å². The minimum absolute atomic E-state index is 0.166. The molecule has 0 aliphatic heterocycles. The predicted octanol–water partition coefficient (Wildman–Crippen LogP) is 2.46. The Morgan fingerprint density at radius 3 is 2.60 bits per heavy atom. The molecule has 0 saturated carbocycles. The van der Waals surface area contributed by atoms with Gasteiger partial charge in [-0.1, -0.05) is 26.0 Å². The van der Waals surface area contributed by atoms with Crippen molar-refractivity contribution in [1.29, 1.82) is 0 Å². The lowest BCUT2D eigenvalue weighted by Crippen LogP contribution is -2.37. The van der Waals surface area contributed by atoms with Crippen LogP contribution in [0.15, 0.2) is 24.3 Å². The van der Waals surface area contributed by atoms with E-state index in [9.17, 15) is 4.79 Å². The molecule has 1 aromatic carbocycles. The molecular formula is C16H25NO3. The highest BCUT2D eigenvalue weighted by Crippen LogP contribution is 2.20. The highest BCUT2D eigenvalue weighted by Gasteiger charge is 2.14. The molecule has 0 radical (unpaired) electrons. The minimum Gasteiger partial charge on any atom is -0.481 e. The second-order valence-corrected chi connectivity index (χ2v) is 5.42. The summed E-state index contributed by atoms with van der Waals surface area (Å²) in [5.74, 6) is 0.962. The van der Waals surface area contributed by atoms with E-state index in [1.54, 1.807) is 13.8 Å². The van der Waals surface area contributed by atoms with E-state index in [0.717, 1.165) is 0 Å². The topological polar surface area (TPSA) is 58.6 Å². The number of carbonyl (C=O) groups is 1. The van der Waals surface area contributed by atoms with Crippen molar-refractivity contribution in [1.82, 2.24) is 5.32 Å². The third kappa shape index (κ3) is 5.61. The van der Waals surface area contributed by atoms with Crippen molar-refractivity contribution < 1.29 is 14.6 Å². The van der Waals surface area contributed by atoms with Gasteiger partial charge in [-0.05, 0) is 43.9 Å². The van der Waals surface area contributed by atoms with Gasteiger partial charge in [-0.2, -0.15) is 0 Å². The summed E-state index contributed by atoms with van der Waals surface area (Å²) >= 11 is 0. The predicted molar refractivity (Wildman–Crippen MR) is 79.9 cm³/mol. The van der Waals surface area contributed by atoms with E-state index in [1.165, 1.54) is 5.56 Å². The lowest BCUT2D eigenvalue weighted by Gasteiger charge is -2.16. The number of rotatable bonds is 7. The summed E-state index contributed by atoms with van der Waals surface area (Å²) < 4.78 is 5.65. The molecule has 2 N–H and O–H groups in total. The Morgan fingerprint density at radius 1 is 1.30 bits per heavy atom. The third-order valence-corrected chi connectivity index (χ3v) is 3.07. The molecule has 2 unspecified atom stereocenters. The Balaban J connectivity index is 2.50. The summed E-state index contributed by atoms with van der Waals surface area (Å²) in [7, 11) is 0. The van der Waals surface area contributed by atoms with Crippen molar-refractivity contribution in [2.45, 2.75) is 52.2 Å². The minimum atomic E-state index is -0.550. The summed E-state index contributed by atoms with van der Waals surface area (Å²) in [5, 5.41) is 11.9. The number of hydrogen-bond acceptors (Lipinski definition) is 3. The SMILES string of the molecule is CC(O)CCNC(=O)C(C)Oc1cccc(C(C)C)c1. The molecule has 0 spiro atoms. The summed E-state index contributed by atoms with van der Waals surface area (Å²) in [5.41, 5.74) is 1.18. The number of nitrogens with one attached hydrogen (secondary N) is 1. The van der Waals surface area contributed by atoms with Crippen LogP contribution in [0, 0.1) is 0 Å². The quantitative estimate of drug-likeness (QED) is 0.806. The van der Waals surface area contributed by atoms with Gasteiger partial charge in [0.15, 0.2) is 6.10 Å². The van der Waals surface area contributed by atoms with Gasteiger partial charge in [0, 0.05) is 6.54 Å². The normalized spacial score (nSPS) is 13.9. The van der Waals surface area contributed by atoms with Crippen LogP contribution in [0.4, 0.5) is 0 Å². The van der Waals surface area contributed by atoms with E-state index in [4.69, 9.17) is 9.84 Å². The molecule has 0 fully saturated rings. The smallest absolute Gasteiger partial charge is 0.260 e. The molecule has 4 nitrogen and oxygen atoms in total. The Bertz CT molecular complexity index is 429. The largest absolute Gasteiger partial charge is 0.481 e. The van der Waals surface area contributed by atoms with Crippen molar-refractivity contribution >= 4 is 5.91 Å². The maximum Gasteiger partial charge on any atom is 0.260 e. The molecule has 0 aromatic heterocycles. The van der Waals surface area contributed by atoms with Crippen molar-refractivity contribution in [3.8, 4) is 5.75 Å². The molecule has 0 heterocycles. The molecule has 0 bridgehead atoms. The Kier molecular flexibility index (Phi) is 6.52. The number of aliphatic hydroxyl groups excluding tert-OH is 1. The number of carbonyl (C=O) groups excluding carboxylic acids is 1. The van der Waals surface area contributed by atoms with Crippen LogP contribution in [0.25, 0.3) is 0 Å². The lowest BCUT2D eigenvalue weighted by molar-refractivity contribution is -0.127. The molecule has 2 atom stereocenters. The zero-order valence-electron chi connectivity index (χ0n) is 12.7. The fourth-order valence-electron chi connectivity index (χ4n) is 1.75. The van der Waals surface area contributed by atoms with Gasteiger partial charge in [-0.25, -0.2) is 0 Å². The maximum atomic E-state index is 11.8. The van der Waals surface area contributed by atoms with E-state index in [2.05, 4.69) is 19.2 Å². The van der Waals surface area contributed by atoms with Crippen LogP contribution in [0.2, 0.25) is 0 Å². The molecule has 20 heavy (non-hydrogen) atoms. The average molecular weight is 279 g/mol. The van der Waals surface area contributed by atoms with Gasteiger partial charge in [0.2, 0.25) is 0 Å². The summed E-state index contributed by atoms with van der Waals surface area (Å²) in [6.07, 6.45) is -0.415. The van der Waals surface area contributed by atoms with Crippen LogP contribution < -0.4 is 10.1 Å². The van der Waals surface area contributed by atoms with Gasteiger partial charge in [0.1, 0.15) is 5.75 Å². The first-order chi connectivity index (χ1) is 9.40. The number of aliphatic hydroxyl groups is 1. The molecular weight excluding hydrogens is 254 g/mol. The van der Waals surface area contributed by atoms with Gasteiger partial charge in [0.25, 0.3) is 5.91 Å². The van der Waals surface area contributed by atoms with Gasteiger partial charge in [0.05, 0.1) is 6.10 Å². The summed E-state index contributed by atoms with van der Waals surface area (Å²) in [6, 6.07) is 7.79. The first-order valence-electron chi connectivity index (χ1n) is 7.12. The number of hydrogen-bond donors (Lipinski definition) is 2. The first kappa shape index (κ1) is 16.5. The van der Waals surface area contributed by atoms with Crippen molar-refractivity contribution in [2.75, 3.05) is 6.54 Å². The average Bonchev–Trinajstić information content (AvgIpc) is 2.38. The van der Waals surface area contributed by atoms with Crippen LogP contribution in [-0.4, -0.2) is 29.8 Å². The highest BCUT2D eigenvalue weighted by molar-refractivity contribution is 5.80. The van der Waals surface area contributed by atoms with E-state index >= 15 is 0 Å². The number of ether oxygens (including phenoxy) is 1. The first-order valence-corrected chi connectivity index (χ1v) is 7.12.